The normalized spacial score (nSPS) is 10.4. The van der Waals surface area contributed by atoms with E-state index in [2.05, 4.69) is 10.6 Å². The molecule has 2 rings (SSSR count). The summed E-state index contributed by atoms with van der Waals surface area (Å²) in [7, 11) is 0. The third kappa shape index (κ3) is 6.48. The Hall–Kier alpha value is -3.92. The first kappa shape index (κ1) is 19.4. The van der Waals surface area contributed by atoms with E-state index in [0.29, 0.717) is 16.8 Å². The maximum absolute atomic E-state index is 12.2. The van der Waals surface area contributed by atoms with Crippen molar-refractivity contribution in [2.45, 2.75) is 6.92 Å². The number of esters is 1. The third-order valence-corrected chi connectivity index (χ3v) is 3.27. The molecule has 0 heterocycles. The Bertz CT molecular complexity index is 897. The van der Waals surface area contributed by atoms with Gasteiger partial charge in [0, 0.05) is 12.6 Å². The molecule has 0 aromatic heterocycles. The number of hydrogen-bond acceptors (Lipinski definition) is 5. The smallest absolute Gasteiger partial charge is 0.355 e. The Labute approximate surface area is 156 Å². The summed E-state index contributed by atoms with van der Waals surface area (Å²) in [6.07, 6.45) is 1.46. The molecule has 2 aromatic carbocycles. The quantitative estimate of drug-likeness (QED) is 0.604. The zero-order chi connectivity index (χ0) is 19.6. The zero-order valence-corrected chi connectivity index (χ0v) is 14.6. The van der Waals surface area contributed by atoms with Gasteiger partial charge in [-0.05, 0) is 35.9 Å². The van der Waals surface area contributed by atoms with Crippen LogP contribution in [0.1, 0.15) is 18.1 Å². The highest BCUT2D eigenvalue weighted by Crippen LogP contribution is 2.09. The molecule has 0 bridgehead atoms. The van der Waals surface area contributed by atoms with E-state index in [1.165, 1.54) is 13.0 Å². The fourth-order valence-corrected chi connectivity index (χ4v) is 2.09. The summed E-state index contributed by atoms with van der Waals surface area (Å²) in [6.45, 7) is 0.744. The van der Waals surface area contributed by atoms with Crippen molar-refractivity contribution in [2.75, 3.05) is 11.9 Å². The summed E-state index contributed by atoms with van der Waals surface area (Å²) in [6, 6.07) is 17.1. The Morgan fingerprint density at radius 2 is 1.74 bits per heavy atom. The van der Waals surface area contributed by atoms with Gasteiger partial charge in [-0.2, -0.15) is 5.26 Å². The molecule has 27 heavy (non-hydrogen) atoms. The standard InChI is InChI=1S/C20H17N3O4/c1-14(24)22-18(11-15-5-3-2-4-6-15)20(26)27-13-19(25)23-17-9-7-16(12-21)8-10-17/h2-11H,13H2,1H3,(H,22,24)(H,23,25)/b18-11-. The molecule has 0 radical (unpaired) electrons. The van der Waals surface area contributed by atoms with E-state index >= 15 is 0 Å². The average molecular weight is 363 g/mol. The second-order valence-electron chi connectivity index (χ2n) is 5.46. The van der Waals surface area contributed by atoms with Crippen LogP contribution in [-0.2, 0) is 19.1 Å². The van der Waals surface area contributed by atoms with Crippen LogP contribution in [0.4, 0.5) is 5.69 Å². The van der Waals surface area contributed by atoms with Gasteiger partial charge in [-0.1, -0.05) is 30.3 Å². The fraction of sp³-hybridized carbons (Fsp3) is 0.100. The van der Waals surface area contributed by atoms with Gasteiger partial charge in [0.1, 0.15) is 5.70 Å². The third-order valence-electron chi connectivity index (χ3n) is 3.27. The molecule has 0 aliphatic heterocycles. The van der Waals surface area contributed by atoms with E-state index in [1.807, 2.05) is 12.1 Å². The summed E-state index contributed by atoms with van der Waals surface area (Å²) < 4.78 is 4.97. The lowest BCUT2D eigenvalue weighted by molar-refractivity contribution is -0.144. The van der Waals surface area contributed by atoms with Gasteiger partial charge in [0.05, 0.1) is 11.6 Å². The Morgan fingerprint density at radius 3 is 2.33 bits per heavy atom. The molecule has 7 heteroatoms. The minimum absolute atomic E-state index is 0.0696. The van der Waals surface area contributed by atoms with E-state index in [1.54, 1.807) is 48.5 Å². The van der Waals surface area contributed by atoms with Gasteiger partial charge in [-0.15, -0.1) is 0 Å². The van der Waals surface area contributed by atoms with Gasteiger partial charge in [-0.3, -0.25) is 9.59 Å². The molecule has 0 unspecified atom stereocenters. The van der Waals surface area contributed by atoms with Crippen LogP contribution in [0.25, 0.3) is 6.08 Å². The van der Waals surface area contributed by atoms with Crippen molar-refractivity contribution in [3.8, 4) is 6.07 Å². The van der Waals surface area contributed by atoms with Crippen LogP contribution in [0.3, 0.4) is 0 Å². The van der Waals surface area contributed by atoms with E-state index in [0.717, 1.165) is 0 Å². The number of carbonyl (C=O) groups excluding carboxylic acids is 3. The zero-order valence-electron chi connectivity index (χ0n) is 14.6. The fourth-order valence-electron chi connectivity index (χ4n) is 2.09. The van der Waals surface area contributed by atoms with Gasteiger partial charge in [-0.25, -0.2) is 4.79 Å². The van der Waals surface area contributed by atoms with Crippen molar-refractivity contribution in [3.05, 3.63) is 71.4 Å². The molecule has 2 amide bonds. The molecule has 0 atom stereocenters. The van der Waals surface area contributed by atoms with Crippen LogP contribution in [-0.4, -0.2) is 24.4 Å². The van der Waals surface area contributed by atoms with Gasteiger partial charge >= 0.3 is 5.97 Å². The minimum Gasteiger partial charge on any atom is -0.451 e. The molecular weight excluding hydrogens is 346 g/mol. The summed E-state index contributed by atoms with van der Waals surface area (Å²) in [5.74, 6) is -1.81. The first-order chi connectivity index (χ1) is 13.0. The molecule has 0 aliphatic rings. The molecule has 0 saturated carbocycles. The summed E-state index contributed by atoms with van der Waals surface area (Å²) in [5, 5.41) is 13.7. The molecule has 0 aliphatic carbocycles. The van der Waals surface area contributed by atoms with E-state index in [-0.39, 0.29) is 5.70 Å². The maximum atomic E-state index is 12.2. The second kappa shape index (κ2) is 9.53. The molecular formula is C20H17N3O4. The number of nitrogens with zero attached hydrogens (tertiary/aromatic N) is 1. The van der Waals surface area contributed by atoms with Gasteiger partial charge in [0.25, 0.3) is 5.91 Å². The van der Waals surface area contributed by atoms with Crippen LogP contribution >= 0.6 is 0 Å². The minimum atomic E-state index is -0.830. The van der Waals surface area contributed by atoms with Crippen molar-refractivity contribution in [3.63, 3.8) is 0 Å². The molecule has 7 nitrogen and oxygen atoms in total. The second-order valence-corrected chi connectivity index (χ2v) is 5.46. The highest BCUT2D eigenvalue weighted by Gasteiger charge is 2.15. The molecule has 2 N–H and O–H groups in total. The van der Waals surface area contributed by atoms with Crippen LogP contribution in [0, 0.1) is 11.3 Å². The van der Waals surface area contributed by atoms with Crippen LogP contribution in [0.5, 0.6) is 0 Å². The van der Waals surface area contributed by atoms with Crippen molar-refractivity contribution in [1.82, 2.24) is 5.32 Å². The maximum Gasteiger partial charge on any atom is 0.355 e. The Balaban J connectivity index is 1.97. The lowest BCUT2D eigenvalue weighted by Gasteiger charge is -2.09. The average Bonchev–Trinajstić information content (AvgIpc) is 2.66. The SMILES string of the molecule is CC(=O)N/C(=C\c1ccccc1)C(=O)OCC(=O)Nc1ccc(C#N)cc1. The number of ether oxygens (including phenoxy) is 1. The number of rotatable bonds is 6. The number of nitrogens with one attached hydrogen (secondary N) is 2. The monoisotopic (exact) mass is 363 g/mol. The molecule has 0 saturated heterocycles. The molecule has 0 spiro atoms. The molecule has 0 fully saturated rings. The number of amides is 2. The van der Waals surface area contributed by atoms with Crippen LogP contribution in [0.15, 0.2) is 60.3 Å². The van der Waals surface area contributed by atoms with Crippen molar-refractivity contribution in [1.29, 1.82) is 5.26 Å². The number of hydrogen-bond donors (Lipinski definition) is 2. The van der Waals surface area contributed by atoms with E-state index < -0.39 is 24.4 Å². The lowest BCUT2D eigenvalue weighted by atomic mass is 10.2. The largest absolute Gasteiger partial charge is 0.451 e. The van der Waals surface area contributed by atoms with Crippen molar-refractivity contribution >= 4 is 29.5 Å². The predicted octanol–water partition coefficient (Wildman–Crippen LogP) is 2.22. The molecule has 2 aromatic rings. The Morgan fingerprint density at radius 1 is 1.07 bits per heavy atom. The van der Waals surface area contributed by atoms with Gasteiger partial charge in [0.15, 0.2) is 6.61 Å². The Kier molecular flexibility index (Phi) is 6.85. The summed E-state index contributed by atoms with van der Waals surface area (Å²) in [4.78, 5) is 35.4. The number of carbonyl (C=O) groups is 3. The van der Waals surface area contributed by atoms with Gasteiger partial charge < -0.3 is 15.4 Å². The topological polar surface area (TPSA) is 108 Å². The molecule has 136 valence electrons. The summed E-state index contributed by atoms with van der Waals surface area (Å²) in [5.41, 5.74) is 1.56. The van der Waals surface area contributed by atoms with Crippen molar-refractivity contribution in [2.24, 2.45) is 0 Å². The highest BCUT2D eigenvalue weighted by molar-refractivity contribution is 5.99. The predicted molar refractivity (Wildman–Crippen MR) is 99.0 cm³/mol. The van der Waals surface area contributed by atoms with Crippen LogP contribution in [0.2, 0.25) is 0 Å². The number of anilines is 1. The lowest BCUT2D eigenvalue weighted by Crippen LogP contribution is -2.28. The van der Waals surface area contributed by atoms with E-state index in [9.17, 15) is 14.4 Å². The van der Waals surface area contributed by atoms with Crippen molar-refractivity contribution < 1.29 is 19.1 Å². The summed E-state index contributed by atoms with van der Waals surface area (Å²) >= 11 is 0. The first-order valence-corrected chi connectivity index (χ1v) is 7.99. The van der Waals surface area contributed by atoms with E-state index in [4.69, 9.17) is 10.00 Å². The highest BCUT2D eigenvalue weighted by atomic mass is 16.5. The van der Waals surface area contributed by atoms with Gasteiger partial charge in [0.2, 0.25) is 5.91 Å². The van der Waals surface area contributed by atoms with Crippen LogP contribution < -0.4 is 10.6 Å². The number of nitriles is 1. The number of benzene rings is 2. The first-order valence-electron chi connectivity index (χ1n) is 7.99.